The van der Waals surface area contributed by atoms with Crippen LogP contribution in [0.3, 0.4) is 0 Å². The summed E-state index contributed by atoms with van der Waals surface area (Å²) in [7, 11) is 1.60. The number of carbonyl (C=O) groups excluding carboxylic acids is 1. The Hall–Kier alpha value is -1.51. The number of hydrogen-bond donors (Lipinski definition) is 0. The van der Waals surface area contributed by atoms with Crippen molar-refractivity contribution in [3.8, 4) is 5.75 Å². The molecule has 3 heteroatoms. The SMILES string of the molecule is CC.CC.CCCN(C=O)c1ccccc1OC. The molecule has 0 aliphatic carbocycles. The molecule has 0 spiro atoms. The predicted molar refractivity (Wildman–Crippen MR) is 79.4 cm³/mol. The minimum absolute atomic E-state index is 0.712. The number of benzene rings is 1. The molecule has 0 aromatic heterocycles. The highest BCUT2D eigenvalue weighted by atomic mass is 16.5. The number of methoxy groups -OCH3 is 1. The number of carbonyl (C=O) groups is 1. The van der Waals surface area contributed by atoms with E-state index in [1.54, 1.807) is 12.0 Å². The van der Waals surface area contributed by atoms with E-state index in [1.165, 1.54) is 0 Å². The van der Waals surface area contributed by atoms with E-state index < -0.39 is 0 Å². The highest BCUT2D eigenvalue weighted by molar-refractivity contribution is 5.78. The van der Waals surface area contributed by atoms with Crippen molar-refractivity contribution in [1.82, 2.24) is 0 Å². The van der Waals surface area contributed by atoms with Crippen LogP contribution in [-0.2, 0) is 4.79 Å². The Bertz CT molecular complexity index is 300. The van der Waals surface area contributed by atoms with Crippen LogP contribution in [0.4, 0.5) is 5.69 Å². The molecule has 18 heavy (non-hydrogen) atoms. The first-order valence-corrected chi connectivity index (χ1v) is 6.68. The van der Waals surface area contributed by atoms with Crippen LogP contribution in [0, 0.1) is 0 Å². The number of nitrogens with zero attached hydrogens (tertiary/aromatic N) is 1. The van der Waals surface area contributed by atoms with Crippen molar-refractivity contribution in [2.75, 3.05) is 18.6 Å². The third-order valence-corrected chi connectivity index (χ3v) is 1.99. The fourth-order valence-corrected chi connectivity index (χ4v) is 1.34. The Balaban J connectivity index is 0. The van der Waals surface area contributed by atoms with Gasteiger partial charge in [-0.3, -0.25) is 4.79 Å². The Morgan fingerprint density at radius 1 is 1.17 bits per heavy atom. The second kappa shape index (κ2) is 13.6. The van der Waals surface area contributed by atoms with Crippen molar-refractivity contribution in [3.63, 3.8) is 0 Å². The number of ether oxygens (including phenoxy) is 1. The predicted octanol–water partition coefficient (Wildman–Crippen LogP) is 4.12. The van der Waals surface area contributed by atoms with E-state index in [9.17, 15) is 4.79 Å². The lowest BCUT2D eigenvalue weighted by atomic mass is 10.2. The lowest BCUT2D eigenvalue weighted by Crippen LogP contribution is -2.22. The molecule has 0 fully saturated rings. The van der Waals surface area contributed by atoms with Gasteiger partial charge in [0.05, 0.1) is 12.8 Å². The van der Waals surface area contributed by atoms with Gasteiger partial charge in [-0.05, 0) is 18.6 Å². The maximum Gasteiger partial charge on any atom is 0.214 e. The molecule has 0 aliphatic rings. The molecule has 0 heterocycles. The molecule has 0 saturated heterocycles. The smallest absolute Gasteiger partial charge is 0.214 e. The van der Waals surface area contributed by atoms with E-state index in [0.29, 0.717) is 6.54 Å². The number of anilines is 1. The third kappa shape index (κ3) is 6.28. The average Bonchev–Trinajstić information content (AvgIpc) is 2.49. The zero-order valence-electron chi connectivity index (χ0n) is 12.6. The van der Waals surface area contributed by atoms with Gasteiger partial charge in [0.1, 0.15) is 5.75 Å². The Kier molecular flexibility index (Phi) is 14.2. The molecule has 0 aliphatic heterocycles. The Morgan fingerprint density at radius 2 is 1.72 bits per heavy atom. The molecule has 1 aromatic carbocycles. The molecule has 104 valence electrons. The molecule has 3 nitrogen and oxygen atoms in total. The summed E-state index contributed by atoms with van der Waals surface area (Å²) in [5, 5.41) is 0. The van der Waals surface area contributed by atoms with Crippen LogP contribution < -0.4 is 9.64 Å². The van der Waals surface area contributed by atoms with Crippen LogP contribution in [0.2, 0.25) is 0 Å². The van der Waals surface area contributed by atoms with Gasteiger partial charge in [-0.1, -0.05) is 46.8 Å². The largest absolute Gasteiger partial charge is 0.495 e. The molecular formula is C15H27NO2. The van der Waals surface area contributed by atoms with Gasteiger partial charge >= 0.3 is 0 Å². The zero-order valence-corrected chi connectivity index (χ0v) is 12.6. The molecular weight excluding hydrogens is 226 g/mol. The summed E-state index contributed by atoms with van der Waals surface area (Å²) in [5.74, 6) is 0.730. The van der Waals surface area contributed by atoms with Crippen LogP contribution in [0.5, 0.6) is 5.75 Å². The Labute approximate surface area is 112 Å². The summed E-state index contributed by atoms with van der Waals surface area (Å²) in [6.45, 7) is 10.7. The molecule has 1 aromatic rings. The number of amides is 1. The first-order chi connectivity index (χ1) is 8.83. The molecule has 0 unspecified atom stereocenters. The topological polar surface area (TPSA) is 29.5 Å². The minimum Gasteiger partial charge on any atom is -0.495 e. The molecule has 1 rings (SSSR count). The van der Waals surface area contributed by atoms with Gasteiger partial charge in [-0.2, -0.15) is 0 Å². The van der Waals surface area contributed by atoms with Crippen LogP contribution in [0.25, 0.3) is 0 Å². The third-order valence-electron chi connectivity index (χ3n) is 1.99. The molecule has 0 bridgehead atoms. The molecule has 0 N–H and O–H groups in total. The van der Waals surface area contributed by atoms with Crippen LogP contribution in [0.15, 0.2) is 24.3 Å². The fourth-order valence-electron chi connectivity index (χ4n) is 1.34. The minimum atomic E-state index is 0.712. The van der Waals surface area contributed by atoms with Gasteiger partial charge in [-0.15, -0.1) is 0 Å². The van der Waals surface area contributed by atoms with E-state index in [1.807, 2.05) is 58.9 Å². The van der Waals surface area contributed by atoms with Crippen LogP contribution >= 0.6 is 0 Å². The monoisotopic (exact) mass is 253 g/mol. The van der Waals surface area contributed by atoms with Gasteiger partial charge in [-0.25, -0.2) is 0 Å². The van der Waals surface area contributed by atoms with Crippen molar-refractivity contribution in [2.24, 2.45) is 0 Å². The van der Waals surface area contributed by atoms with Crippen molar-refractivity contribution >= 4 is 12.1 Å². The fraction of sp³-hybridized carbons (Fsp3) is 0.533. The molecule has 1 amide bonds. The van der Waals surface area contributed by atoms with E-state index in [0.717, 1.165) is 24.3 Å². The highest BCUT2D eigenvalue weighted by Gasteiger charge is 2.08. The van der Waals surface area contributed by atoms with Gasteiger partial charge < -0.3 is 9.64 Å². The maximum atomic E-state index is 10.8. The van der Waals surface area contributed by atoms with E-state index in [4.69, 9.17) is 4.74 Å². The number of rotatable bonds is 5. The van der Waals surface area contributed by atoms with Gasteiger partial charge in [0.25, 0.3) is 0 Å². The van der Waals surface area contributed by atoms with Crippen molar-refractivity contribution in [1.29, 1.82) is 0 Å². The summed E-state index contributed by atoms with van der Waals surface area (Å²) >= 11 is 0. The lowest BCUT2D eigenvalue weighted by molar-refractivity contribution is -0.107. The number of hydrogen-bond acceptors (Lipinski definition) is 2. The van der Waals surface area contributed by atoms with Gasteiger partial charge in [0, 0.05) is 6.54 Å². The lowest BCUT2D eigenvalue weighted by Gasteiger charge is -2.18. The average molecular weight is 253 g/mol. The van der Waals surface area contributed by atoms with E-state index in [2.05, 4.69) is 0 Å². The summed E-state index contributed by atoms with van der Waals surface area (Å²) in [6.07, 6.45) is 1.76. The van der Waals surface area contributed by atoms with Gasteiger partial charge in [0.2, 0.25) is 6.41 Å². The summed E-state index contributed by atoms with van der Waals surface area (Å²) in [5.41, 5.74) is 0.826. The zero-order chi connectivity index (χ0) is 14.4. The summed E-state index contributed by atoms with van der Waals surface area (Å²) in [4.78, 5) is 12.5. The Morgan fingerprint density at radius 3 is 2.17 bits per heavy atom. The standard InChI is InChI=1S/C11H15NO2.2C2H6/c1-3-8-12(9-13)10-6-4-5-7-11(10)14-2;2*1-2/h4-7,9H,3,8H2,1-2H3;2*1-2H3. The second-order valence-corrected chi connectivity index (χ2v) is 2.97. The van der Waals surface area contributed by atoms with Crippen molar-refractivity contribution in [3.05, 3.63) is 24.3 Å². The van der Waals surface area contributed by atoms with Gasteiger partial charge in [0.15, 0.2) is 0 Å². The van der Waals surface area contributed by atoms with Crippen molar-refractivity contribution in [2.45, 2.75) is 41.0 Å². The highest BCUT2D eigenvalue weighted by Crippen LogP contribution is 2.26. The molecule has 0 atom stereocenters. The normalized spacial score (nSPS) is 8.11. The summed E-state index contributed by atoms with van der Waals surface area (Å²) < 4.78 is 5.17. The quantitative estimate of drug-likeness (QED) is 0.739. The van der Waals surface area contributed by atoms with Crippen molar-refractivity contribution < 1.29 is 9.53 Å². The van der Waals surface area contributed by atoms with E-state index >= 15 is 0 Å². The van der Waals surface area contributed by atoms with Crippen LogP contribution in [-0.4, -0.2) is 20.1 Å². The van der Waals surface area contributed by atoms with E-state index in [-0.39, 0.29) is 0 Å². The maximum absolute atomic E-state index is 10.8. The molecule has 0 radical (unpaired) electrons. The number of para-hydroxylation sites is 2. The second-order valence-electron chi connectivity index (χ2n) is 2.97. The molecule has 0 saturated carbocycles. The first kappa shape index (κ1) is 18.8. The summed E-state index contributed by atoms with van der Waals surface area (Å²) in [6, 6.07) is 7.51. The first-order valence-electron chi connectivity index (χ1n) is 6.68. The van der Waals surface area contributed by atoms with Crippen LogP contribution in [0.1, 0.15) is 41.0 Å².